The van der Waals surface area contributed by atoms with Crippen LogP contribution < -0.4 is 10.5 Å². The van der Waals surface area contributed by atoms with E-state index in [2.05, 4.69) is 15.9 Å². The molecule has 2 N–H and O–H groups in total. The third-order valence-corrected chi connectivity index (χ3v) is 4.73. The predicted octanol–water partition coefficient (Wildman–Crippen LogP) is 1.69. The van der Waals surface area contributed by atoms with Crippen molar-refractivity contribution in [3.8, 4) is 5.75 Å². The van der Waals surface area contributed by atoms with Gasteiger partial charge >= 0.3 is 0 Å². The van der Waals surface area contributed by atoms with Crippen LogP contribution in [-0.4, -0.2) is 49.1 Å². The molecule has 3 rings (SSSR count). The van der Waals surface area contributed by atoms with Crippen molar-refractivity contribution >= 4 is 38.5 Å². The monoisotopic (exact) mass is 392 g/mol. The first-order chi connectivity index (χ1) is 11.6. The highest BCUT2D eigenvalue weighted by Gasteiger charge is 2.27. The fourth-order valence-corrected chi connectivity index (χ4v) is 3.21. The Kier molecular flexibility index (Phi) is 5.01. The molecule has 0 aromatic heterocycles. The molecule has 6 nitrogen and oxygen atoms in total. The van der Waals surface area contributed by atoms with E-state index in [1.807, 2.05) is 36.4 Å². The summed E-state index contributed by atoms with van der Waals surface area (Å²) >= 11 is 3.53. The molecule has 1 fully saturated rings. The van der Waals surface area contributed by atoms with Gasteiger partial charge in [0.1, 0.15) is 5.75 Å². The van der Waals surface area contributed by atoms with Gasteiger partial charge < -0.3 is 20.1 Å². The first-order valence-electron chi connectivity index (χ1n) is 7.55. The summed E-state index contributed by atoms with van der Waals surface area (Å²) in [4.78, 5) is 25.0. The summed E-state index contributed by atoms with van der Waals surface area (Å²) in [6, 6.07) is 11.7. The van der Waals surface area contributed by atoms with Crippen LogP contribution in [0, 0.1) is 0 Å². The summed E-state index contributed by atoms with van der Waals surface area (Å²) in [5.74, 6) is -0.169. The van der Waals surface area contributed by atoms with E-state index >= 15 is 0 Å². The topological polar surface area (TPSA) is 81.9 Å². The zero-order valence-corrected chi connectivity index (χ0v) is 14.5. The van der Waals surface area contributed by atoms with Crippen molar-refractivity contribution in [2.75, 3.05) is 26.3 Å². The van der Waals surface area contributed by atoms with Crippen LogP contribution in [0.5, 0.6) is 5.75 Å². The van der Waals surface area contributed by atoms with Gasteiger partial charge in [-0.2, -0.15) is 0 Å². The van der Waals surface area contributed by atoms with E-state index in [-0.39, 0.29) is 19.1 Å². The fourth-order valence-electron chi connectivity index (χ4n) is 2.60. The van der Waals surface area contributed by atoms with Crippen LogP contribution in [0.15, 0.2) is 40.9 Å². The smallest absolute Gasteiger partial charge is 0.260 e. The van der Waals surface area contributed by atoms with Crippen molar-refractivity contribution in [3.63, 3.8) is 0 Å². The van der Waals surface area contributed by atoms with E-state index in [9.17, 15) is 9.59 Å². The van der Waals surface area contributed by atoms with Crippen LogP contribution >= 0.6 is 15.9 Å². The molecule has 2 amide bonds. The number of fused-ring (bicyclic) bond motifs is 1. The summed E-state index contributed by atoms with van der Waals surface area (Å²) in [6.07, 6.45) is -0.755. The number of benzene rings is 2. The number of halogens is 1. The molecule has 0 spiro atoms. The Bertz CT molecular complexity index is 780. The largest absolute Gasteiger partial charge is 0.483 e. The molecule has 2 aromatic carbocycles. The number of nitrogens with zero attached hydrogens (tertiary/aromatic N) is 1. The minimum absolute atomic E-state index is 0.109. The molecular weight excluding hydrogens is 376 g/mol. The zero-order chi connectivity index (χ0) is 17.1. The number of amides is 2. The normalized spacial score (nSPS) is 17.7. The molecule has 0 bridgehead atoms. The molecular formula is C17H17BrN2O4. The molecule has 0 aliphatic carbocycles. The molecule has 7 heteroatoms. The maximum Gasteiger partial charge on any atom is 0.260 e. The van der Waals surface area contributed by atoms with Gasteiger partial charge in [0.15, 0.2) is 12.7 Å². The van der Waals surface area contributed by atoms with Crippen molar-refractivity contribution in [2.24, 2.45) is 5.73 Å². The summed E-state index contributed by atoms with van der Waals surface area (Å²) in [5, 5.41) is 2.10. The highest BCUT2D eigenvalue weighted by Crippen LogP contribution is 2.33. The summed E-state index contributed by atoms with van der Waals surface area (Å²) in [6.45, 7) is 0.767. The van der Waals surface area contributed by atoms with Crippen LogP contribution in [0.1, 0.15) is 0 Å². The van der Waals surface area contributed by atoms with Crippen LogP contribution in [0.4, 0.5) is 0 Å². The van der Waals surface area contributed by atoms with E-state index in [1.54, 1.807) is 0 Å². The van der Waals surface area contributed by atoms with Gasteiger partial charge in [-0.3, -0.25) is 9.59 Å². The van der Waals surface area contributed by atoms with Crippen molar-refractivity contribution < 1.29 is 19.1 Å². The number of primary amides is 1. The number of carbonyl (C=O) groups is 2. The minimum atomic E-state index is -0.755. The highest BCUT2D eigenvalue weighted by molar-refractivity contribution is 9.10. The lowest BCUT2D eigenvalue weighted by Crippen LogP contribution is -2.51. The molecule has 0 saturated carbocycles. The number of ether oxygens (including phenoxy) is 2. The number of hydrogen-bond acceptors (Lipinski definition) is 4. The number of nitrogens with two attached hydrogens (primary N) is 1. The first-order valence-corrected chi connectivity index (χ1v) is 8.34. The predicted molar refractivity (Wildman–Crippen MR) is 92.7 cm³/mol. The van der Waals surface area contributed by atoms with Crippen molar-refractivity contribution in [1.29, 1.82) is 0 Å². The van der Waals surface area contributed by atoms with Gasteiger partial charge in [-0.25, -0.2) is 0 Å². The van der Waals surface area contributed by atoms with Crippen molar-refractivity contribution in [1.82, 2.24) is 4.90 Å². The molecule has 1 atom stereocenters. The molecule has 1 unspecified atom stereocenters. The van der Waals surface area contributed by atoms with Crippen LogP contribution in [0.25, 0.3) is 10.8 Å². The lowest BCUT2D eigenvalue weighted by Gasteiger charge is -2.31. The van der Waals surface area contributed by atoms with Gasteiger partial charge in [0.25, 0.3) is 5.91 Å². The first kappa shape index (κ1) is 16.7. The number of carbonyl (C=O) groups excluding carboxylic acids is 2. The second-order valence-electron chi connectivity index (χ2n) is 5.49. The molecule has 1 aliphatic rings. The van der Waals surface area contributed by atoms with Gasteiger partial charge in [0.2, 0.25) is 5.91 Å². The standard InChI is InChI=1S/C17H17BrN2O4/c18-16-12-4-2-1-3-11(12)5-6-13(16)24-10-15(21)20-7-8-23-14(9-20)17(19)22/h1-6,14H,7-10H2,(H2,19,22). The van der Waals surface area contributed by atoms with Crippen LogP contribution in [0.2, 0.25) is 0 Å². The lowest BCUT2D eigenvalue weighted by atomic mass is 10.1. The quantitative estimate of drug-likeness (QED) is 0.858. The minimum Gasteiger partial charge on any atom is -0.483 e. The lowest BCUT2D eigenvalue weighted by molar-refractivity contribution is -0.146. The second-order valence-corrected chi connectivity index (χ2v) is 6.28. The molecule has 1 heterocycles. The zero-order valence-electron chi connectivity index (χ0n) is 12.9. The van der Waals surface area contributed by atoms with Gasteiger partial charge in [-0.05, 0) is 32.8 Å². The third-order valence-electron chi connectivity index (χ3n) is 3.92. The van der Waals surface area contributed by atoms with E-state index in [0.717, 1.165) is 15.2 Å². The SMILES string of the molecule is NC(=O)C1CN(C(=O)COc2ccc3ccccc3c2Br)CCO1. The molecule has 0 radical (unpaired) electrons. The average molecular weight is 393 g/mol. The van der Waals surface area contributed by atoms with E-state index in [4.69, 9.17) is 15.2 Å². The third kappa shape index (κ3) is 3.52. The van der Waals surface area contributed by atoms with E-state index in [1.165, 1.54) is 4.90 Å². The number of hydrogen-bond donors (Lipinski definition) is 1. The maximum atomic E-state index is 12.3. The van der Waals surface area contributed by atoms with E-state index < -0.39 is 12.0 Å². The maximum absolute atomic E-state index is 12.3. The summed E-state index contributed by atoms with van der Waals surface area (Å²) < 4.78 is 11.7. The highest BCUT2D eigenvalue weighted by atomic mass is 79.9. The molecule has 126 valence electrons. The van der Waals surface area contributed by atoms with Crippen LogP contribution in [0.3, 0.4) is 0 Å². The van der Waals surface area contributed by atoms with Gasteiger partial charge in [-0.15, -0.1) is 0 Å². The fraction of sp³-hybridized carbons (Fsp3) is 0.294. The molecule has 24 heavy (non-hydrogen) atoms. The van der Waals surface area contributed by atoms with Crippen LogP contribution in [-0.2, 0) is 14.3 Å². The van der Waals surface area contributed by atoms with Gasteiger partial charge in [0.05, 0.1) is 17.6 Å². The Labute approximate surface area is 147 Å². The number of rotatable bonds is 4. The van der Waals surface area contributed by atoms with Gasteiger partial charge in [0, 0.05) is 6.54 Å². The summed E-state index contributed by atoms with van der Waals surface area (Å²) in [5.41, 5.74) is 5.23. The molecule has 1 saturated heterocycles. The van der Waals surface area contributed by atoms with Gasteiger partial charge in [-0.1, -0.05) is 30.3 Å². The Morgan fingerprint density at radius 2 is 2.08 bits per heavy atom. The Morgan fingerprint density at radius 1 is 1.29 bits per heavy atom. The summed E-state index contributed by atoms with van der Waals surface area (Å²) in [7, 11) is 0. The van der Waals surface area contributed by atoms with Crippen molar-refractivity contribution in [2.45, 2.75) is 6.10 Å². The average Bonchev–Trinajstić information content (AvgIpc) is 2.61. The Balaban J connectivity index is 1.66. The molecule has 2 aromatic rings. The molecule has 1 aliphatic heterocycles. The number of morpholine rings is 1. The Morgan fingerprint density at radius 3 is 2.88 bits per heavy atom. The van der Waals surface area contributed by atoms with E-state index in [0.29, 0.717) is 18.9 Å². The van der Waals surface area contributed by atoms with Crippen molar-refractivity contribution in [3.05, 3.63) is 40.9 Å². The second kappa shape index (κ2) is 7.19. The Hall–Kier alpha value is -2.12.